The summed E-state index contributed by atoms with van der Waals surface area (Å²) in [6.07, 6.45) is 0. The molecule has 0 fully saturated rings. The normalized spacial score (nSPS) is 12.8. The number of hydrogen-bond acceptors (Lipinski definition) is 3. The number of aromatic nitrogens is 1. The number of aryl methyl sites for hydroxylation is 3. The summed E-state index contributed by atoms with van der Waals surface area (Å²) >= 11 is 1.69. The highest BCUT2D eigenvalue weighted by Crippen LogP contribution is 2.26. The van der Waals surface area contributed by atoms with E-state index in [0.717, 1.165) is 16.3 Å². The highest BCUT2D eigenvalue weighted by atomic mass is 32.1. The molecule has 0 aliphatic carbocycles. The van der Waals surface area contributed by atoms with Gasteiger partial charge in [-0.3, -0.25) is 0 Å². The summed E-state index contributed by atoms with van der Waals surface area (Å²) in [5.41, 5.74) is 9.67. The van der Waals surface area contributed by atoms with Crippen molar-refractivity contribution in [2.45, 2.75) is 26.8 Å². The molecule has 0 saturated heterocycles. The minimum Gasteiger partial charge on any atom is -0.318 e. The Balaban J connectivity index is 2.35. The summed E-state index contributed by atoms with van der Waals surface area (Å²) in [6, 6.07) is 8.20. The van der Waals surface area contributed by atoms with Crippen LogP contribution in [0.2, 0.25) is 0 Å². The number of benzene rings is 1. The maximum absolute atomic E-state index is 6.22. The number of thiazole rings is 1. The molecule has 1 heterocycles. The van der Waals surface area contributed by atoms with Crippen molar-refractivity contribution in [1.29, 1.82) is 0 Å². The van der Waals surface area contributed by atoms with Gasteiger partial charge in [0, 0.05) is 4.88 Å². The molecular weight excluding hydrogens is 216 g/mol. The van der Waals surface area contributed by atoms with Gasteiger partial charge in [0.15, 0.2) is 0 Å². The van der Waals surface area contributed by atoms with Crippen LogP contribution in [0, 0.1) is 20.8 Å². The third-order valence-corrected chi connectivity index (χ3v) is 3.87. The van der Waals surface area contributed by atoms with Crippen molar-refractivity contribution in [2.24, 2.45) is 5.73 Å². The van der Waals surface area contributed by atoms with Crippen LogP contribution in [0.1, 0.15) is 32.7 Å². The van der Waals surface area contributed by atoms with Crippen LogP contribution in [-0.2, 0) is 0 Å². The molecule has 1 unspecified atom stereocenters. The second-order valence-corrected chi connectivity index (χ2v) is 5.32. The lowest BCUT2D eigenvalue weighted by Crippen LogP contribution is -2.11. The third-order valence-electron chi connectivity index (χ3n) is 2.71. The second kappa shape index (κ2) is 4.36. The molecule has 1 atom stereocenters. The van der Waals surface area contributed by atoms with Gasteiger partial charge in [-0.15, -0.1) is 11.3 Å². The van der Waals surface area contributed by atoms with Crippen molar-refractivity contribution in [3.8, 4) is 0 Å². The average molecular weight is 232 g/mol. The molecule has 84 valence electrons. The fourth-order valence-corrected chi connectivity index (χ4v) is 2.59. The Kier molecular flexibility index (Phi) is 3.08. The van der Waals surface area contributed by atoms with Crippen molar-refractivity contribution in [3.63, 3.8) is 0 Å². The zero-order valence-corrected chi connectivity index (χ0v) is 10.6. The van der Waals surface area contributed by atoms with Gasteiger partial charge >= 0.3 is 0 Å². The summed E-state index contributed by atoms with van der Waals surface area (Å²) in [5, 5.41) is 1.00. The molecule has 1 aromatic carbocycles. The highest BCUT2D eigenvalue weighted by molar-refractivity contribution is 7.11. The van der Waals surface area contributed by atoms with Crippen molar-refractivity contribution in [2.75, 3.05) is 0 Å². The van der Waals surface area contributed by atoms with Gasteiger partial charge in [-0.25, -0.2) is 4.98 Å². The fourth-order valence-electron chi connectivity index (χ4n) is 1.64. The van der Waals surface area contributed by atoms with Gasteiger partial charge < -0.3 is 5.73 Å². The molecule has 3 heteroatoms. The van der Waals surface area contributed by atoms with Gasteiger partial charge in [0.1, 0.15) is 5.01 Å². The first-order chi connectivity index (χ1) is 7.58. The first kappa shape index (κ1) is 11.3. The SMILES string of the molecule is Cc1cccc(C(N)c2nc(C)c(C)s2)c1. The Morgan fingerprint density at radius 2 is 2.00 bits per heavy atom. The summed E-state index contributed by atoms with van der Waals surface area (Å²) < 4.78 is 0. The molecule has 2 nitrogen and oxygen atoms in total. The van der Waals surface area contributed by atoms with E-state index in [9.17, 15) is 0 Å². The number of nitrogens with two attached hydrogens (primary N) is 1. The van der Waals surface area contributed by atoms with Crippen LogP contribution in [-0.4, -0.2) is 4.98 Å². The van der Waals surface area contributed by atoms with Crippen LogP contribution in [0.25, 0.3) is 0 Å². The molecular formula is C13H16N2S. The highest BCUT2D eigenvalue weighted by Gasteiger charge is 2.14. The van der Waals surface area contributed by atoms with E-state index in [1.165, 1.54) is 10.4 Å². The summed E-state index contributed by atoms with van der Waals surface area (Å²) in [5.74, 6) is 0. The first-order valence-electron chi connectivity index (χ1n) is 5.34. The molecule has 0 aliphatic heterocycles. The van der Waals surface area contributed by atoms with Gasteiger partial charge in [0.05, 0.1) is 11.7 Å². The van der Waals surface area contributed by atoms with Gasteiger partial charge in [-0.05, 0) is 26.3 Å². The van der Waals surface area contributed by atoms with E-state index in [1.54, 1.807) is 11.3 Å². The van der Waals surface area contributed by atoms with Crippen LogP contribution in [0.3, 0.4) is 0 Å². The minimum atomic E-state index is -0.0997. The quantitative estimate of drug-likeness (QED) is 0.864. The zero-order chi connectivity index (χ0) is 11.7. The molecule has 0 bridgehead atoms. The summed E-state index contributed by atoms with van der Waals surface area (Å²) in [4.78, 5) is 5.76. The Morgan fingerprint density at radius 3 is 2.56 bits per heavy atom. The monoisotopic (exact) mass is 232 g/mol. The Morgan fingerprint density at radius 1 is 1.25 bits per heavy atom. The molecule has 2 N–H and O–H groups in total. The molecule has 16 heavy (non-hydrogen) atoms. The van der Waals surface area contributed by atoms with E-state index in [2.05, 4.69) is 37.0 Å². The predicted molar refractivity (Wildman–Crippen MR) is 68.8 cm³/mol. The topological polar surface area (TPSA) is 38.9 Å². The van der Waals surface area contributed by atoms with Crippen molar-refractivity contribution < 1.29 is 0 Å². The van der Waals surface area contributed by atoms with Crippen LogP contribution >= 0.6 is 11.3 Å². The summed E-state index contributed by atoms with van der Waals surface area (Å²) in [7, 11) is 0. The Labute approximate surface area is 100 Å². The summed E-state index contributed by atoms with van der Waals surface area (Å²) in [6.45, 7) is 6.19. The lowest BCUT2D eigenvalue weighted by molar-refractivity contribution is 0.850. The van der Waals surface area contributed by atoms with Crippen molar-refractivity contribution in [3.05, 3.63) is 51.0 Å². The second-order valence-electron chi connectivity index (χ2n) is 4.09. The Bertz CT molecular complexity index is 483. The van der Waals surface area contributed by atoms with Crippen LogP contribution in [0.15, 0.2) is 24.3 Å². The average Bonchev–Trinajstić information content (AvgIpc) is 2.58. The van der Waals surface area contributed by atoms with E-state index in [4.69, 9.17) is 5.73 Å². The van der Waals surface area contributed by atoms with E-state index in [-0.39, 0.29) is 6.04 Å². The van der Waals surface area contributed by atoms with E-state index in [1.807, 2.05) is 13.0 Å². The molecule has 0 amide bonds. The van der Waals surface area contributed by atoms with E-state index < -0.39 is 0 Å². The first-order valence-corrected chi connectivity index (χ1v) is 6.15. The van der Waals surface area contributed by atoms with Crippen molar-refractivity contribution >= 4 is 11.3 Å². The number of nitrogens with zero attached hydrogens (tertiary/aromatic N) is 1. The largest absolute Gasteiger partial charge is 0.318 e. The lowest BCUT2D eigenvalue weighted by Gasteiger charge is -2.09. The van der Waals surface area contributed by atoms with Crippen molar-refractivity contribution in [1.82, 2.24) is 4.98 Å². The standard InChI is InChI=1S/C13H16N2S/c1-8-5-4-6-11(7-8)12(14)13-15-9(2)10(3)16-13/h4-7,12H,14H2,1-3H3. The number of rotatable bonds is 2. The molecule has 0 saturated carbocycles. The van der Waals surface area contributed by atoms with E-state index in [0.29, 0.717) is 0 Å². The van der Waals surface area contributed by atoms with Gasteiger partial charge in [-0.1, -0.05) is 29.8 Å². The molecule has 0 aliphatic rings. The van der Waals surface area contributed by atoms with Crippen LogP contribution in [0.4, 0.5) is 0 Å². The maximum atomic E-state index is 6.22. The van der Waals surface area contributed by atoms with Crippen LogP contribution < -0.4 is 5.73 Å². The number of hydrogen-bond donors (Lipinski definition) is 1. The molecule has 0 radical (unpaired) electrons. The molecule has 2 rings (SSSR count). The minimum absolute atomic E-state index is 0.0997. The van der Waals surface area contributed by atoms with Gasteiger partial charge in [0.2, 0.25) is 0 Å². The lowest BCUT2D eigenvalue weighted by atomic mass is 10.1. The van der Waals surface area contributed by atoms with Gasteiger partial charge in [-0.2, -0.15) is 0 Å². The fraction of sp³-hybridized carbons (Fsp3) is 0.308. The predicted octanol–water partition coefficient (Wildman–Crippen LogP) is 3.12. The molecule has 1 aromatic heterocycles. The smallest absolute Gasteiger partial charge is 0.114 e. The molecule has 0 spiro atoms. The zero-order valence-electron chi connectivity index (χ0n) is 9.82. The Hall–Kier alpha value is -1.19. The maximum Gasteiger partial charge on any atom is 0.114 e. The van der Waals surface area contributed by atoms with Crippen LogP contribution in [0.5, 0.6) is 0 Å². The third kappa shape index (κ3) is 2.15. The van der Waals surface area contributed by atoms with E-state index >= 15 is 0 Å². The molecule has 2 aromatic rings. The van der Waals surface area contributed by atoms with Gasteiger partial charge in [0.25, 0.3) is 0 Å².